The molecule has 2 unspecified atom stereocenters. The van der Waals surface area contributed by atoms with E-state index in [2.05, 4.69) is 17.4 Å². The van der Waals surface area contributed by atoms with Crippen molar-refractivity contribution in [3.63, 3.8) is 0 Å². The van der Waals surface area contributed by atoms with Gasteiger partial charge in [-0.1, -0.05) is 12.1 Å². The molecule has 152 valence electrons. The fraction of sp³-hybridized carbons (Fsp3) is 0.571. The fourth-order valence-electron chi connectivity index (χ4n) is 3.79. The zero-order chi connectivity index (χ0) is 20.6. The van der Waals surface area contributed by atoms with Crippen molar-refractivity contribution >= 4 is 28.2 Å². The molecule has 3 rings (SSSR count). The predicted octanol–water partition coefficient (Wildman–Crippen LogP) is 4.79. The summed E-state index contributed by atoms with van der Waals surface area (Å²) in [4.78, 5) is 26.9. The van der Waals surface area contributed by atoms with Gasteiger partial charge >= 0.3 is 5.97 Å². The first-order valence-corrected chi connectivity index (χ1v) is 10.6. The third-order valence-electron chi connectivity index (χ3n) is 5.21. The summed E-state index contributed by atoms with van der Waals surface area (Å²) in [5.41, 5.74) is 3.06. The maximum Gasteiger partial charge on any atom is 0.341 e. The number of aryl methyl sites for hydroxylation is 2. The maximum atomic E-state index is 13.0. The predicted molar refractivity (Wildman–Crippen MR) is 109 cm³/mol. The van der Waals surface area contributed by atoms with Crippen LogP contribution in [0.1, 0.15) is 77.8 Å². The molecule has 2 aromatic rings. The standard InChI is InChI=1S/C21H28N2O4S/c1-10(2)26-21(25)18-15-8-7-11(3)9-16(15)28-20(18)22-19(24)12(4)17-13(5)23-27-14(17)6/h10-12H,7-9H2,1-6H3,(H,22,24). The SMILES string of the molecule is Cc1noc(C)c1C(C)C(=O)Nc1sc2c(c1C(=O)OC(C)C)CCC(C)C2. The van der Waals surface area contributed by atoms with Gasteiger partial charge in [0.05, 0.1) is 23.3 Å². The third kappa shape index (κ3) is 3.99. The van der Waals surface area contributed by atoms with E-state index < -0.39 is 5.92 Å². The molecule has 0 bridgehead atoms. The molecule has 0 saturated heterocycles. The molecular weight excluding hydrogens is 376 g/mol. The van der Waals surface area contributed by atoms with Crippen molar-refractivity contribution in [1.29, 1.82) is 0 Å². The molecule has 7 heteroatoms. The highest BCUT2D eigenvalue weighted by molar-refractivity contribution is 7.17. The number of aromatic nitrogens is 1. The Hall–Kier alpha value is -2.15. The number of carbonyl (C=O) groups is 2. The zero-order valence-electron chi connectivity index (χ0n) is 17.3. The Morgan fingerprint density at radius 2 is 2.00 bits per heavy atom. The molecular formula is C21H28N2O4S. The number of nitrogens with one attached hydrogen (secondary N) is 1. The average molecular weight is 405 g/mol. The van der Waals surface area contributed by atoms with Gasteiger partial charge in [-0.2, -0.15) is 0 Å². The number of carbonyl (C=O) groups excluding carboxylic acids is 2. The van der Waals surface area contributed by atoms with E-state index in [1.54, 1.807) is 6.92 Å². The number of thiophene rings is 1. The van der Waals surface area contributed by atoms with Crippen LogP contribution in [0.25, 0.3) is 0 Å². The average Bonchev–Trinajstić information content (AvgIpc) is 3.12. The highest BCUT2D eigenvalue weighted by Gasteiger charge is 2.31. The molecule has 2 atom stereocenters. The molecule has 0 aromatic carbocycles. The summed E-state index contributed by atoms with van der Waals surface area (Å²) in [5, 5.41) is 7.52. The van der Waals surface area contributed by atoms with Gasteiger partial charge in [-0.3, -0.25) is 4.79 Å². The minimum atomic E-state index is -0.432. The van der Waals surface area contributed by atoms with Gasteiger partial charge < -0.3 is 14.6 Å². The quantitative estimate of drug-likeness (QED) is 0.725. The molecule has 0 spiro atoms. The summed E-state index contributed by atoms with van der Waals surface area (Å²) in [5.74, 6) is 0.240. The van der Waals surface area contributed by atoms with Crippen LogP contribution in [0.3, 0.4) is 0 Å². The topological polar surface area (TPSA) is 81.4 Å². The molecule has 1 aliphatic carbocycles. The summed E-state index contributed by atoms with van der Waals surface area (Å²) >= 11 is 1.50. The van der Waals surface area contributed by atoms with Crippen LogP contribution in [0.5, 0.6) is 0 Å². The first-order valence-electron chi connectivity index (χ1n) is 9.78. The van der Waals surface area contributed by atoms with Gasteiger partial charge in [0.1, 0.15) is 10.8 Å². The van der Waals surface area contributed by atoms with E-state index in [0.717, 1.165) is 30.4 Å². The van der Waals surface area contributed by atoms with E-state index in [0.29, 0.717) is 27.9 Å². The summed E-state index contributed by atoms with van der Waals surface area (Å²) in [6.07, 6.45) is 2.59. The van der Waals surface area contributed by atoms with Gasteiger partial charge in [0.2, 0.25) is 5.91 Å². The van der Waals surface area contributed by atoms with Crippen molar-refractivity contribution in [3.05, 3.63) is 33.0 Å². The number of ether oxygens (including phenoxy) is 1. The molecule has 2 aromatic heterocycles. The summed E-state index contributed by atoms with van der Waals surface area (Å²) in [6.45, 7) is 11.3. The van der Waals surface area contributed by atoms with Crippen LogP contribution >= 0.6 is 11.3 Å². The number of fused-ring (bicyclic) bond motifs is 1. The Morgan fingerprint density at radius 1 is 1.29 bits per heavy atom. The van der Waals surface area contributed by atoms with Crippen LogP contribution in [0.15, 0.2) is 4.52 Å². The summed E-state index contributed by atoms with van der Waals surface area (Å²) < 4.78 is 10.7. The molecule has 0 aliphatic heterocycles. The Morgan fingerprint density at radius 3 is 2.61 bits per heavy atom. The van der Waals surface area contributed by atoms with Crippen LogP contribution < -0.4 is 5.32 Å². The number of rotatable bonds is 5. The monoisotopic (exact) mass is 404 g/mol. The van der Waals surface area contributed by atoms with Gasteiger partial charge in [0.15, 0.2) is 0 Å². The Kier molecular flexibility index (Phi) is 5.93. The molecule has 1 aliphatic rings. The highest BCUT2D eigenvalue weighted by atomic mass is 32.1. The second-order valence-corrected chi connectivity index (χ2v) is 9.06. The van der Waals surface area contributed by atoms with E-state index in [1.165, 1.54) is 16.2 Å². The van der Waals surface area contributed by atoms with Crippen LogP contribution in [0, 0.1) is 19.8 Å². The van der Waals surface area contributed by atoms with Gasteiger partial charge in [0, 0.05) is 10.4 Å². The van der Waals surface area contributed by atoms with Crippen LogP contribution in [0.2, 0.25) is 0 Å². The molecule has 0 saturated carbocycles. The first kappa shape index (κ1) is 20.6. The zero-order valence-corrected chi connectivity index (χ0v) is 18.2. The minimum absolute atomic E-state index is 0.181. The Balaban J connectivity index is 1.92. The van der Waals surface area contributed by atoms with E-state index in [-0.39, 0.29) is 18.0 Å². The van der Waals surface area contributed by atoms with Gasteiger partial charge in [0.25, 0.3) is 0 Å². The number of amides is 1. The molecule has 6 nitrogen and oxygen atoms in total. The lowest BCUT2D eigenvalue weighted by atomic mass is 9.88. The van der Waals surface area contributed by atoms with Gasteiger partial charge in [-0.05, 0) is 65.4 Å². The van der Waals surface area contributed by atoms with Crippen LogP contribution in [0.4, 0.5) is 5.00 Å². The maximum absolute atomic E-state index is 13.0. The molecule has 1 N–H and O–H groups in total. The molecule has 28 heavy (non-hydrogen) atoms. The minimum Gasteiger partial charge on any atom is -0.459 e. The van der Waals surface area contributed by atoms with Crippen molar-refractivity contribution in [1.82, 2.24) is 5.16 Å². The summed E-state index contributed by atoms with van der Waals surface area (Å²) in [6, 6.07) is 0. The molecule has 1 amide bonds. The lowest BCUT2D eigenvalue weighted by molar-refractivity contribution is -0.117. The van der Waals surface area contributed by atoms with E-state index in [4.69, 9.17) is 9.26 Å². The number of esters is 1. The normalized spacial score (nSPS) is 17.3. The van der Waals surface area contributed by atoms with Crippen molar-refractivity contribution < 1.29 is 18.8 Å². The number of hydrogen-bond donors (Lipinski definition) is 1. The molecule has 0 radical (unpaired) electrons. The number of hydrogen-bond acceptors (Lipinski definition) is 6. The Labute approximate surface area is 169 Å². The van der Waals surface area contributed by atoms with E-state index >= 15 is 0 Å². The van der Waals surface area contributed by atoms with Crippen LogP contribution in [-0.4, -0.2) is 23.1 Å². The smallest absolute Gasteiger partial charge is 0.341 e. The lowest BCUT2D eigenvalue weighted by Crippen LogP contribution is -2.22. The van der Waals surface area contributed by atoms with Gasteiger partial charge in [-0.15, -0.1) is 11.3 Å². The van der Waals surface area contributed by atoms with Gasteiger partial charge in [-0.25, -0.2) is 4.79 Å². The Bertz CT molecular complexity index is 877. The van der Waals surface area contributed by atoms with Crippen molar-refractivity contribution in [2.24, 2.45) is 5.92 Å². The third-order valence-corrected chi connectivity index (χ3v) is 6.38. The largest absolute Gasteiger partial charge is 0.459 e. The van der Waals surface area contributed by atoms with Crippen molar-refractivity contribution in [2.45, 2.75) is 72.8 Å². The van der Waals surface area contributed by atoms with Crippen molar-refractivity contribution in [3.8, 4) is 0 Å². The second kappa shape index (κ2) is 8.07. The summed E-state index contributed by atoms with van der Waals surface area (Å²) in [7, 11) is 0. The number of nitrogens with zero attached hydrogens (tertiary/aromatic N) is 1. The molecule has 0 fully saturated rings. The molecule has 2 heterocycles. The lowest BCUT2D eigenvalue weighted by Gasteiger charge is -2.19. The van der Waals surface area contributed by atoms with Crippen LogP contribution in [-0.2, 0) is 22.4 Å². The second-order valence-electron chi connectivity index (χ2n) is 7.96. The highest BCUT2D eigenvalue weighted by Crippen LogP contribution is 2.40. The first-order chi connectivity index (χ1) is 13.2. The fourth-order valence-corrected chi connectivity index (χ4v) is 5.19. The van der Waals surface area contributed by atoms with E-state index in [9.17, 15) is 9.59 Å². The van der Waals surface area contributed by atoms with E-state index in [1.807, 2.05) is 27.7 Å². The van der Waals surface area contributed by atoms with Crippen molar-refractivity contribution in [2.75, 3.05) is 5.32 Å². The number of anilines is 1.